The Bertz CT molecular complexity index is 578. The van der Waals surface area contributed by atoms with Crippen LogP contribution in [0.25, 0.3) is 0 Å². The van der Waals surface area contributed by atoms with Gasteiger partial charge in [0, 0.05) is 32.7 Å². The van der Waals surface area contributed by atoms with E-state index in [0.717, 1.165) is 38.3 Å². The van der Waals surface area contributed by atoms with Gasteiger partial charge in [0.2, 0.25) is 11.8 Å². The fourth-order valence-corrected chi connectivity index (χ4v) is 3.38. The fourth-order valence-electron chi connectivity index (χ4n) is 3.38. The Balaban J connectivity index is 1.90. The fraction of sp³-hybridized carbons (Fsp3) is 0.619. The average Bonchev–Trinajstić information content (AvgIpc) is 2.60. The van der Waals surface area contributed by atoms with Gasteiger partial charge in [-0.3, -0.25) is 14.5 Å². The molecule has 144 valence electrons. The third-order valence-electron chi connectivity index (χ3n) is 4.76. The number of nitrogens with zero attached hydrogens (tertiary/aromatic N) is 2. The summed E-state index contributed by atoms with van der Waals surface area (Å²) in [5.41, 5.74) is 0.960. The third-order valence-corrected chi connectivity index (χ3v) is 4.76. The molecule has 1 aliphatic heterocycles. The smallest absolute Gasteiger partial charge is 0.245 e. The van der Waals surface area contributed by atoms with Crippen molar-refractivity contribution in [1.29, 1.82) is 0 Å². The molecule has 5 heteroatoms. The number of piperazine rings is 1. The SMILES string of the molecule is CC(C)CN1CCN(C(=O)C(NC(=O)Cc2ccccc2)C(C)C)CC1. The largest absolute Gasteiger partial charge is 0.344 e. The molecule has 0 aliphatic carbocycles. The highest BCUT2D eigenvalue weighted by Gasteiger charge is 2.30. The van der Waals surface area contributed by atoms with Crippen molar-refractivity contribution >= 4 is 11.8 Å². The van der Waals surface area contributed by atoms with Crippen LogP contribution in [0.4, 0.5) is 0 Å². The highest BCUT2D eigenvalue weighted by atomic mass is 16.2. The van der Waals surface area contributed by atoms with Gasteiger partial charge in [0.15, 0.2) is 0 Å². The van der Waals surface area contributed by atoms with E-state index in [1.165, 1.54) is 0 Å². The molecule has 2 amide bonds. The van der Waals surface area contributed by atoms with Crippen molar-refractivity contribution in [3.8, 4) is 0 Å². The summed E-state index contributed by atoms with van der Waals surface area (Å²) in [5.74, 6) is 0.654. The molecule has 0 aromatic heterocycles. The second-order valence-corrected chi connectivity index (χ2v) is 7.97. The molecule has 1 fully saturated rings. The first kappa shape index (κ1) is 20.4. The van der Waals surface area contributed by atoms with E-state index in [1.54, 1.807) is 0 Å². The Morgan fingerprint density at radius 3 is 2.15 bits per heavy atom. The molecule has 0 spiro atoms. The second kappa shape index (κ2) is 9.72. The molecule has 0 radical (unpaired) electrons. The molecule has 1 atom stereocenters. The van der Waals surface area contributed by atoms with Gasteiger partial charge in [0.25, 0.3) is 0 Å². The Hall–Kier alpha value is -1.88. The molecular weight excluding hydrogens is 326 g/mol. The zero-order valence-electron chi connectivity index (χ0n) is 16.6. The van der Waals surface area contributed by atoms with Gasteiger partial charge in [-0.25, -0.2) is 0 Å². The highest BCUT2D eigenvalue weighted by Crippen LogP contribution is 2.11. The molecular formula is C21H33N3O2. The van der Waals surface area contributed by atoms with Crippen LogP contribution in [-0.2, 0) is 16.0 Å². The van der Waals surface area contributed by atoms with Crippen molar-refractivity contribution in [2.24, 2.45) is 11.8 Å². The first-order valence-corrected chi connectivity index (χ1v) is 9.71. The summed E-state index contributed by atoms with van der Waals surface area (Å²) in [6.07, 6.45) is 0.305. The zero-order chi connectivity index (χ0) is 19.1. The average molecular weight is 360 g/mol. The number of benzene rings is 1. The molecule has 1 saturated heterocycles. The van der Waals surface area contributed by atoms with Crippen LogP contribution < -0.4 is 5.32 Å². The van der Waals surface area contributed by atoms with Crippen molar-refractivity contribution in [2.45, 2.75) is 40.2 Å². The summed E-state index contributed by atoms with van der Waals surface area (Å²) in [5, 5.41) is 2.96. The lowest BCUT2D eigenvalue weighted by Crippen LogP contribution is -2.56. The maximum atomic E-state index is 12.9. The van der Waals surface area contributed by atoms with Crippen LogP contribution in [-0.4, -0.2) is 60.4 Å². The van der Waals surface area contributed by atoms with Crippen molar-refractivity contribution in [3.63, 3.8) is 0 Å². The van der Waals surface area contributed by atoms with Gasteiger partial charge in [0.1, 0.15) is 6.04 Å². The maximum Gasteiger partial charge on any atom is 0.245 e. The van der Waals surface area contributed by atoms with Crippen LogP contribution in [0.1, 0.15) is 33.3 Å². The predicted molar refractivity (Wildman–Crippen MR) is 105 cm³/mol. The summed E-state index contributed by atoms with van der Waals surface area (Å²) in [6.45, 7) is 12.8. The van der Waals surface area contributed by atoms with Crippen LogP contribution in [0, 0.1) is 11.8 Å². The van der Waals surface area contributed by atoms with Gasteiger partial charge in [-0.05, 0) is 17.4 Å². The first-order valence-electron chi connectivity index (χ1n) is 9.71. The summed E-state index contributed by atoms with van der Waals surface area (Å²) >= 11 is 0. The van der Waals surface area contributed by atoms with E-state index < -0.39 is 6.04 Å². The number of hydrogen-bond acceptors (Lipinski definition) is 3. The number of carbonyl (C=O) groups is 2. The van der Waals surface area contributed by atoms with Gasteiger partial charge in [-0.1, -0.05) is 58.0 Å². The predicted octanol–water partition coefficient (Wildman–Crippen LogP) is 2.17. The van der Waals surface area contributed by atoms with E-state index in [0.29, 0.717) is 12.3 Å². The monoisotopic (exact) mass is 359 g/mol. The van der Waals surface area contributed by atoms with Gasteiger partial charge >= 0.3 is 0 Å². The topological polar surface area (TPSA) is 52.6 Å². The first-order chi connectivity index (χ1) is 12.4. The third kappa shape index (κ3) is 6.13. The second-order valence-electron chi connectivity index (χ2n) is 7.97. The lowest BCUT2D eigenvalue weighted by Gasteiger charge is -2.37. The molecule has 1 aromatic carbocycles. The number of hydrogen-bond donors (Lipinski definition) is 1. The molecule has 0 saturated carbocycles. The van der Waals surface area contributed by atoms with Crippen molar-refractivity contribution in [3.05, 3.63) is 35.9 Å². The molecule has 0 bridgehead atoms. The molecule has 26 heavy (non-hydrogen) atoms. The van der Waals surface area contributed by atoms with Gasteiger partial charge in [0.05, 0.1) is 6.42 Å². The Kier molecular flexibility index (Phi) is 7.64. The number of rotatable bonds is 7. The quantitative estimate of drug-likeness (QED) is 0.812. The van der Waals surface area contributed by atoms with Gasteiger partial charge in [-0.2, -0.15) is 0 Å². The summed E-state index contributed by atoms with van der Waals surface area (Å²) < 4.78 is 0. The van der Waals surface area contributed by atoms with Gasteiger partial charge < -0.3 is 10.2 Å². The van der Waals surface area contributed by atoms with Crippen LogP contribution in [0.5, 0.6) is 0 Å². The minimum absolute atomic E-state index is 0.0469. The van der Waals surface area contributed by atoms with Crippen molar-refractivity contribution in [2.75, 3.05) is 32.7 Å². The molecule has 1 N–H and O–H groups in total. The van der Waals surface area contributed by atoms with Crippen molar-refractivity contribution in [1.82, 2.24) is 15.1 Å². The van der Waals surface area contributed by atoms with Crippen LogP contribution in [0.3, 0.4) is 0 Å². The molecule has 2 rings (SSSR count). The van der Waals surface area contributed by atoms with Crippen molar-refractivity contribution < 1.29 is 9.59 Å². The highest BCUT2D eigenvalue weighted by molar-refractivity contribution is 5.88. The summed E-state index contributed by atoms with van der Waals surface area (Å²) in [6, 6.07) is 9.18. The zero-order valence-corrected chi connectivity index (χ0v) is 16.6. The Morgan fingerprint density at radius 2 is 1.62 bits per heavy atom. The minimum Gasteiger partial charge on any atom is -0.344 e. The molecule has 5 nitrogen and oxygen atoms in total. The molecule has 1 unspecified atom stereocenters. The number of carbonyl (C=O) groups excluding carboxylic acids is 2. The Morgan fingerprint density at radius 1 is 1.00 bits per heavy atom. The lowest BCUT2D eigenvalue weighted by atomic mass is 10.0. The van der Waals surface area contributed by atoms with Crippen LogP contribution >= 0.6 is 0 Å². The normalized spacial score (nSPS) is 16.8. The van der Waals surface area contributed by atoms with E-state index >= 15 is 0 Å². The standard InChI is InChI=1S/C21H33N3O2/c1-16(2)15-23-10-12-24(13-11-23)21(26)20(17(3)4)22-19(25)14-18-8-6-5-7-9-18/h5-9,16-17,20H,10-15H2,1-4H3,(H,22,25). The lowest BCUT2D eigenvalue weighted by molar-refractivity contribution is -0.139. The van der Waals surface area contributed by atoms with E-state index in [2.05, 4.69) is 24.1 Å². The van der Waals surface area contributed by atoms with Crippen LogP contribution in [0.15, 0.2) is 30.3 Å². The van der Waals surface area contributed by atoms with Gasteiger partial charge in [-0.15, -0.1) is 0 Å². The summed E-state index contributed by atoms with van der Waals surface area (Å²) in [4.78, 5) is 29.7. The molecule has 1 aromatic rings. The van der Waals surface area contributed by atoms with E-state index in [-0.39, 0.29) is 17.7 Å². The molecule has 1 aliphatic rings. The number of amides is 2. The van der Waals surface area contributed by atoms with E-state index in [9.17, 15) is 9.59 Å². The van der Waals surface area contributed by atoms with Crippen LogP contribution in [0.2, 0.25) is 0 Å². The summed E-state index contributed by atoms with van der Waals surface area (Å²) in [7, 11) is 0. The van der Waals surface area contributed by atoms with E-state index in [1.807, 2.05) is 49.1 Å². The molecule has 1 heterocycles. The maximum absolute atomic E-state index is 12.9. The Labute approximate surface area is 157 Å². The number of nitrogens with one attached hydrogen (secondary N) is 1. The minimum atomic E-state index is -0.456. The van der Waals surface area contributed by atoms with E-state index in [4.69, 9.17) is 0 Å².